The van der Waals surface area contributed by atoms with Gasteiger partial charge in [-0.2, -0.15) is 0 Å². The van der Waals surface area contributed by atoms with E-state index in [1.165, 1.54) is 12.0 Å². The molecule has 0 radical (unpaired) electrons. The van der Waals surface area contributed by atoms with Crippen molar-refractivity contribution >= 4 is 34.9 Å². The highest BCUT2D eigenvalue weighted by Crippen LogP contribution is 2.33. The molecule has 1 N–H and O–H groups in total. The number of carbonyl (C=O) groups excluding carboxylic acids is 2. The number of amides is 1. The molecule has 1 heterocycles. The van der Waals surface area contributed by atoms with Crippen LogP contribution in [0.25, 0.3) is 0 Å². The van der Waals surface area contributed by atoms with Gasteiger partial charge in [-0.3, -0.25) is 9.69 Å². The largest absolute Gasteiger partial charge is 0.462 e. The Labute approximate surface area is 128 Å². The van der Waals surface area contributed by atoms with Gasteiger partial charge in [-0.1, -0.05) is 11.6 Å². The Hall–Kier alpha value is -1.79. The zero-order chi connectivity index (χ0) is 15.4. The number of ether oxygens (including phenoxy) is 2. The van der Waals surface area contributed by atoms with Crippen LogP contribution in [-0.4, -0.2) is 44.8 Å². The molecule has 1 aromatic carbocycles. The second-order valence-corrected chi connectivity index (χ2v) is 5.05. The van der Waals surface area contributed by atoms with Gasteiger partial charge in [0, 0.05) is 12.1 Å². The maximum Gasteiger partial charge on any atom is 0.329 e. The van der Waals surface area contributed by atoms with Crippen LogP contribution >= 0.6 is 11.6 Å². The SMILES string of the molecule is COCCOC(=O)C(C)N1C(=O)CNc2cc(Cl)ccc21. The smallest absolute Gasteiger partial charge is 0.329 e. The van der Waals surface area contributed by atoms with Crippen molar-refractivity contribution < 1.29 is 19.1 Å². The number of anilines is 2. The standard InChI is InChI=1S/C14H17ClN2O4/c1-9(14(19)21-6-5-20-2)17-12-4-3-10(15)7-11(12)16-8-13(17)18/h3-4,7,9,16H,5-6,8H2,1-2H3. The zero-order valence-electron chi connectivity index (χ0n) is 11.9. The van der Waals surface area contributed by atoms with E-state index in [0.29, 0.717) is 17.3 Å². The van der Waals surface area contributed by atoms with Gasteiger partial charge in [0.25, 0.3) is 0 Å². The molecule has 0 bridgehead atoms. The van der Waals surface area contributed by atoms with Gasteiger partial charge in [-0.15, -0.1) is 0 Å². The summed E-state index contributed by atoms with van der Waals surface area (Å²) < 4.78 is 9.91. The van der Waals surface area contributed by atoms with Crippen LogP contribution in [0, 0.1) is 0 Å². The molecule has 1 unspecified atom stereocenters. The van der Waals surface area contributed by atoms with Crippen LogP contribution in [0.2, 0.25) is 5.02 Å². The molecule has 1 amide bonds. The van der Waals surface area contributed by atoms with Crippen LogP contribution in [0.1, 0.15) is 6.92 Å². The van der Waals surface area contributed by atoms with Crippen molar-refractivity contribution in [1.82, 2.24) is 0 Å². The normalized spacial score (nSPS) is 15.2. The molecule has 114 valence electrons. The molecule has 2 rings (SSSR count). The van der Waals surface area contributed by atoms with E-state index in [1.807, 2.05) is 0 Å². The molecule has 0 aliphatic carbocycles. The molecule has 0 fully saturated rings. The third-order valence-electron chi connectivity index (χ3n) is 3.18. The number of hydrogen-bond acceptors (Lipinski definition) is 5. The minimum atomic E-state index is -0.712. The van der Waals surface area contributed by atoms with Gasteiger partial charge in [0.15, 0.2) is 0 Å². The number of nitrogens with zero attached hydrogens (tertiary/aromatic N) is 1. The third-order valence-corrected chi connectivity index (χ3v) is 3.41. The highest BCUT2D eigenvalue weighted by Gasteiger charge is 2.32. The molecule has 1 aliphatic rings. The van der Waals surface area contributed by atoms with Gasteiger partial charge in [0.2, 0.25) is 5.91 Å². The number of rotatable bonds is 5. The molecule has 1 aromatic rings. The van der Waals surface area contributed by atoms with Crippen molar-refractivity contribution in [3.8, 4) is 0 Å². The second-order valence-electron chi connectivity index (χ2n) is 4.62. The molecule has 1 atom stereocenters. The number of methoxy groups -OCH3 is 1. The first-order valence-corrected chi connectivity index (χ1v) is 6.93. The fraction of sp³-hybridized carbons (Fsp3) is 0.429. The Kier molecular flexibility index (Phi) is 5.03. The summed E-state index contributed by atoms with van der Waals surface area (Å²) in [6, 6.07) is 4.40. The summed E-state index contributed by atoms with van der Waals surface area (Å²) in [4.78, 5) is 25.6. The molecule has 0 saturated carbocycles. The lowest BCUT2D eigenvalue weighted by Crippen LogP contribution is -2.49. The molecular weight excluding hydrogens is 296 g/mol. The van der Waals surface area contributed by atoms with Crippen molar-refractivity contribution in [3.05, 3.63) is 23.2 Å². The van der Waals surface area contributed by atoms with Crippen LogP contribution < -0.4 is 10.2 Å². The van der Waals surface area contributed by atoms with E-state index in [1.54, 1.807) is 25.1 Å². The summed E-state index contributed by atoms with van der Waals surface area (Å²) in [5, 5.41) is 3.54. The predicted molar refractivity (Wildman–Crippen MR) is 79.7 cm³/mol. The van der Waals surface area contributed by atoms with E-state index >= 15 is 0 Å². The maximum absolute atomic E-state index is 12.1. The first kappa shape index (κ1) is 15.6. The number of benzene rings is 1. The van der Waals surface area contributed by atoms with Crippen LogP contribution in [0.3, 0.4) is 0 Å². The van der Waals surface area contributed by atoms with Crippen molar-refractivity contribution in [3.63, 3.8) is 0 Å². The number of carbonyl (C=O) groups is 2. The Balaban J connectivity index is 2.18. The van der Waals surface area contributed by atoms with Crippen LogP contribution in [0.5, 0.6) is 0 Å². The second kappa shape index (κ2) is 6.78. The van der Waals surface area contributed by atoms with E-state index in [9.17, 15) is 9.59 Å². The fourth-order valence-corrected chi connectivity index (χ4v) is 2.30. The molecule has 1 aliphatic heterocycles. The molecular formula is C14H17ClN2O4. The molecule has 0 spiro atoms. The van der Waals surface area contributed by atoms with Crippen LogP contribution in [0.4, 0.5) is 11.4 Å². The maximum atomic E-state index is 12.1. The summed E-state index contributed by atoms with van der Waals surface area (Å²) >= 11 is 5.94. The van der Waals surface area contributed by atoms with Gasteiger partial charge in [-0.05, 0) is 25.1 Å². The van der Waals surface area contributed by atoms with Gasteiger partial charge < -0.3 is 14.8 Å². The molecule has 0 aromatic heterocycles. The Morgan fingerprint density at radius 3 is 2.95 bits per heavy atom. The number of halogens is 1. The Morgan fingerprint density at radius 2 is 2.24 bits per heavy atom. The third kappa shape index (κ3) is 3.46. The summed E-state index contributed by atoms with van der Waals surface area (Å²) in [5.74, 6) is -0.663. The lowest BCUT2D eigenvalue weighted by molar-refractivity contribution is -0.147. The van der Waals surface area contributed by atoms with Gasteiger partial charge in [0.1, 0.15) is 12.6 Å². The van der Waals surface area contributed by atoms with E-state index in [4.69, 9.17) is 21.1 Å². The topological polar surface area (TPSA) is 67.9 Å². The van der Waals surface area contributed by atoms with Crippen molar-refractivity contribution in [2.24, 2.45) is 0 Å². The minimum Gasteiger partial charge on any atom is -0.462 e. The van der Waals surface area contributed by atoms with E-state index in [0.717, 1.165) is 5.69 Å². The number of esters is 1. The highest BCUT2D eigenvalue weighted by molar-refractivity contribution is 6.31. The molecule has 7 heteroatoms. The highest BCUT2D eigenvalue weighted by atomic mass is 35.5. The first-order chi connectivity index (χ1) is 10.0. The molecule has 0 saturated heterocycles. The van der Waals surface area contributed by atoms with Crippen molar-refractivity contribution in [1.29, 1.82) is 0 Å². The van der Waals surface area contributed by atoms with Crippen molar-refractivity contribution in [2.75, 3.05) is 37.1 Å². The monoisotopic (exact) mass is 312 g/mol. The predicted octanol–water partition coefficient (Wildman–Crippen LogP) is 1.68. The number of nitrogens with one attached hydrogen (secondary N) is 1. The fourth-order valence-electron chi connectivity index (χ4n) is 2.13. The average Bonchev–Trinajstić information content (AvgIpc) is 2.47. The Morgan fingerprint density at radius 1 is 1.48 bits per heavy atom. The summed E-state index contributed by atoms with van der Waals surface area (Å²) in [7, 11) is 1.52. The van der Waals surface area contributed by atoms with E-state index in [-0.39, 0.29) is 19.1 Å². The van der Waals surface area contributed by atoms with Gasteiger partial charge >= 0.3 is 5.97 Å². The lowest BCUT2D eigenvalue weighted by atomic mass is 10.1. The first-order valence-electron chi connectivity index (χ1n) is 6.55. The number of fused-ring (bicyclic) bond motifs is 1. The quantitative estimate of drug-likeness (QED) is 0.662. The Bertz CT molecular complexity index is 550. The molecule has 6 nitrogen and oxygen atoms in total. The summed E-state index contributed by atoms with van der Waals surface area (Å²) in [6.07, 6.45) is 0. The lowest BCUT2D eigenvalue weighted by Gasteiger charge is -2.33. The van der Waals surface area contributed by atoms with Crippen molar-refractivity contribution in [2.45, 2.75) is 13.0 Å². The number of hydrogen-bond donors (Lipinski definition) is 1. The zero-order valence-corrected chi connectivity index (χ0v) is 12.6. The molecule has 21 heavy (non-hydrogen) atoms. The van der Waals surface area contributed by atoms with E-state index in [2.05, 4.69) is 5.32 Å². The van der Waals surface area contributed by atoms with Crippen LogP contribution in [0.15, 0.2) is 18.2 Å². The minimum absolute atomic E-state index is 0.114. The average molecular weight is 313 g/mol. The van der Waals surface area contributed by atoms with Gasteiger partial charge in [0.05, 0.1) is 24.5 Å². The summed E-state index contributed by atoms with van der Waals surface area (Å²) in [5.41, 5.74) is 1.34. The van der Waals surface area contributed by atoms with Gasteiger partial charge in [-0.25, -0.2) is 4.79 Å². The van der Waals surface area contributed by atoms with E-state index < -0.39 is 12.0 Å². The summed E-state index contributed by atoms with van der Waals surface area (Å²) in [6.45, 7) is 2.23. The van der Waals surface area contributed by atoms with Crippen LogP contribution in [-0.2, 0) is 19.1 Å².